The number of rotatable bonds is 6. The van der Waals surface area contributed by atoms with Gasteiger partial charge in [-0.2, -0.15) is 5.10 Å². The number of likely N-dealkylation sites (tertiary alicyclic amines) is 1. The molecule has 2 fully saturated rings. The van der Waals surface area contributed by atoms with Gasteiger partial charge in [-0.05, 0) is 37.1 Å². The zero-order valence-electron chi connectivity index (χ0n) is 20.2. The van der Waals surface area contributed by atoms with Crippen LogP contribution in [0.15, 0.2) is 30.5 Å². The van der Waals surface area contributed by atoms with Crippen molar-refractivity contribution in [3.8, 4) is 11.4 Å². The summed E-state index contributed by atoms with van der Waals surface area (Å²) >= 11 is 0. The molecule has 0 unspecified atom stereocenters. The molecule has 0 saturated carbocycles. The maximum atomic E-state index is 12.2. The molecule has 2 saturated heterocycles. The van der Waals surface area contributed by atoms with Gasteiger partial charge >= 0.3 is 12.2 Å². The fraction of sp³-hybridized carbons (Fsp3) is 0.458. The van der Waals surface area contributed by atoms with Crippen molar-refractivity contribution in [3.05, 3.63) is 30.5 Å². The second-order valence-corrected chi connectivity index (χ2v) is 8.82. The minimum atomic E-state index is -0.906. The van der Waals surface area contributed by atoms with Gasteiger partial charge in [0.15, 0.2) is 11.5 Å². The van der Waals surface area contributed by atoms with E-state index >= 15 is 0 Å². The highest BCUT2D eigenvalue weighted by Gasteiger charge is 2.27. The maximum absolute atomic E-state index is 12.2. The number of carbonyl (C=O) groups is 2. The lowest BCUT2D eigenvalue weighted by Crippen LogP contribution is -2.38. The predicted molar refractivity (Wildman–Crippen MR) is 133 cm³/mol. The van der Waals surface area contributed by atoms with Crippen LogP contribution >= 0.6 is 0 Å². The first-order valence-electron chi connectivity index (χ1n) is 12.2. The first kappa shape index (κ1) is 24.7. The van der Waals surface area contributed by atoms with Gasteiger partial charge in [0.2, 0.25) is 0 Å². The third-order valence-corrected chi connectivity index (χ3v) is 6.52. The van der Waals surface area contributed by atoms with Crippen molar-refractivity contribution in [1.29, 1.82) is 0 Å². The summed E-state index contributed by atoms with van der Waals surface area (Å²) in [7, 11) is 0. The Morgan fingerprint density at radius 3 is 2.51 bits per heavy atom. The van der Waals surface area contributed by atoms with Crippen LogP contribution in [0.1, 0.15) is 18.9 Å². The lowest BCUT2D eigenvalue weighted by Gasteiger charge is -2.30. The number of fused-ring (bicyclic) bond motifs is 1. The number of anilines is 2. The summed E-state index contributed by atoms with van der Waals surface area (Å²) in [6.07, 6.45) is 1.44. The molecular formula is C24H28FN7O5. The number of alkyl halides is 1. The molecule has 2 aromatic heterocycles. The summed E-state index contributed by atoms with van der Waals surface area (Å²) in [5.74, 6) is 1.28. The van der Waals surface area contributed by atoms with E-state index in [0.717, 1.165) is 16.8 Å². The van der Waals surface area contributed by atoms with Gasteiger partial charge in [-0.3, -0.25) is 5.32 Å². The van der Waals surface area contributed by atoms with Crippen molar-refractivity contribution in [2.45, 2.75) is 18.9 Å². The Kier molecular flexibility index (Phi) is 7.30. The summed E-state index contributed by atoms with van der Waals surface area (Å²) in [5.41, 5.74) is 1.93. The van der Waals surface area contributed by atoms with Crippen LogP contribution in [-0.2, 0) is 9.47 Å². The SMILES string of the molecule is O=C(Nc1ccc(-c2nc(N3CCOCC3)c3cnn(C4CCN(C(=O)O)CC4)c3n2)cc1)OCCF. The molecule has 2 N–H and O–H groups in total. The third-order valence-electron chi connectivity index (χ3n) is 6.52. The summed E-state index contributed by atoms with van der Waals surface area (Å²) < 4.78 is 24.3. The maximum Gasteiger partial charge on any atom is 0.411 e. The highest BCUT2D eigenvalue weighted by atomic mass is 19.1. The van der Waals surface area contributed by atoms with Gasteiger partial charge < -0.3 is 24.4 Å². The van der Waals surface area contributed by atoms with E-state index < -0.39 is 18.9 Å². The van der Waals surface area contributed by atoms with Crippen molar-refractivity contribution >= 4 is 34.7 Å². The zero-order valence-corrected chi connectivity index (χ0v) is 20.2. The number of nitrogens with zero attached hydrogens (tertiary/aromatic N) is 6. The van der Waals surface area contributed by atoms with E-state index in [-0.39, 0.29) is 12.6 Å². The molecule has 1 aromatic carbocycles. The molecular weight excluding hydrogens is 485 g/mol. The number of halogens is 1. The molecule has 0 spiro atoms. The zero-order chi connectivity index (χ0) is 25.8. The van der Waals surface area contributed by atoms with E-state index in [0.29, 0.717) is 69.4 Å². The Morgan fingerprint density at radius 2 is 1.84 bits per heavy atom. The number of carboxylic acid groups (broad SMARTS) is 1. The van der Waals surface area contributed by atoms with Crippen molar-refractivity contribution in [3.63, 3.8) is 0 Å². The summed E-state index contributed by atoms with van der Waals surface area (Å²) in [6.45, 7) is 2.42. The quantitative estimate of drug-likeness (QED) is 0.509. The average Bonchev–Trinajstić information content (AvgIpc) is 3.36. The minimum absolute atomic E-state index is 0.0234. The van der Waals surface area contributed by atoms with Gasteiger partial charge in [0, 0.05) is 37.4 Å². The third kappa shape index (κ3) is 5.40. The first-order chi connectivity index (χ1) is 18.0. The van der Waals surface area contributed by atoms with Gasteiger partial charge in [-0.25, -0.2) is 28.6 Å². The second-order valence-electron chi connectivity index (χ2n) is 8.82. The van der Waals surface area contributed by atoms with Crippen LogP contribution in [0.25, 0.3) is 22.4 Å². The summed E-state index contributed by atoms with van der Waals surface area (Å²) in [4.78, 5) is 36.4. The summed E-state index contributed by atoms with van der Waals surface area (Å²) in [6, 6.07) is 7.01. The number of benzene rings is 1. The smallest absolute Gasteiger partial charge is 0.411 e. The van der Waals surface area contributed by atoms with Gasteiger partial charge in [-0.1, -0.05) is 0 Å². The Balaban J connectivity index is 1.47. The highest BCUT2D eigenvalue weighted by molar-refractivity contribution is 5.89. The van der Waals surface area contributed by atoms with Crippen LogP contribution < -0.4 is 10.2 Å². The standard InChI is InChI=1S/C24H28FN7O5/c25-7-12-37-23(33)27-17-3-1-16(2-4-17)20-28-21(30-10-13-36-14-11-30)19-15-26-32(22(19)29-20)18-5-8-31(9-6-18)24(34)35/h1-4,15,18H,5-14H2,(H,27,33)(H,34,35). The van der Waals surface area contributed by atoms with Crippen molar-refractivity contribution in [1.82, 2.24) is 24.6 Å². The highest BCUT2D eigenvalue weighted by Crippen LogP contribution is 2.32. The number of piperidine rings is 1. The fourth-order valence-corrected chi connectivity index (χ4v) is 4.61. The van der Waals surface area contributed by atoms with E-state index in [1.807, 2.05) is 4.68 Å². The van der Waals surface area contributed by atoms with Crippen LogP contribution in [-0.4, -0.2) is 94.6 Å². The molecule has 37 heavy (non-hydrogen) atoms. The van der Waals surface area contributed by atoms with Crippen molar-refractivity contribution in [2.75, 3.05) is 62.9 Å². The number of hydrogen-bond acceptors (Lipinski definition) is 8. The normalized spacial score (nSPS) is 16.7. The van der Waals surface area contributed by atoms with Crippen molar-refractivity contribution < 1.29 is 28.6 Å². The van der Waals surface area contributed by atoms with Crippen molar-refractivity contribution in [2.24, 2.45) is 0 Å². The number of nitrogens with one attached hydrogen (secondary N) is 1. The molecule has 13 heteroatoms. The lowest BCUT2D eigenvalue weighted by molar-refractivity contribution is 0.122. The number of amides is 2. The Morgan fingerprint density at radius 1 is 1.11 bits per heavy atom. The van der Waals surface area contributed by atoms with E-state index in [2.05, 4.69) is 15.3 Å². The Hall–Kier alpha value is -4.00. The minimum Gasteiger partial charge on any atom is -0.465 e. The number of ether oxygens (including phenoxy) is 2. The molecule has 2 aliphatic rings. The number of hydrogen-bond donors (Lipinski definition) is 2. The topological polar surface area (TPSA) is 135 Å². The van der Waals surface area contributed by atoms with E-state index in [1.54, 1.807) is 30.5 Å². The molecule has 12 nitrogen and oxygen atoms in total. The first-order valence-corrected chi connectivity index (χ1v) is 12.2. The largest absolute Gasteiger partial charge is 0.465 e. The second kappa shape index (κ2) is 10.9. The molecule has 2 aliphatic heterocycles. The monoisotopic (exact) mass is 513 g/mol. The van der Waals surface area contributed by atoms with Crippen LogP contribution in [0.2, 0.25) is 0 Å². The van der Waals surface area contributed by atoms with E-state index in [4.69, 9.17) is 19.4 Å². The lowest BCUT2D eigenvalue weighted by atomic mass is 10.1. The van der Waals surface area contributed by atoms with Crippen LogP contribution in [0.3, 0.4) is 0 Å². The number of morpholine rings is 1. The molecule has 2 amide bonds. The number of aromatic nitrogens is 4. The van der Waals surface area contributed by atoms with Crippen LogP contribution in [0, 0.1) is 0 Å². The predicted octanol–water partition coefficient (Wildman–Crippen LogP) is 3.16. The molecule has 0 bridgehead atoms. The fourth-order valence-electron chi connectivity index (χ4n) is 4.61. The summed E-state index contributed by atoms with van der Waals surface area (Å²) in [5, 5.41) is 17.3. The van der Waals surface area contributed by atoms with Gasteiger partial charge in [0.1, 0.15) is 19.1 Å². The number of carbonyl (C=O) groups excluding carboxylic acids is 1. The Bertz CT molecular complexity index is 1250. The molecule has 5 rings (SSSR count). The van der Waals surface area contributed by atoms with Gasteiger partial charge in [0.25, 0.3) is 0 Å². The molecule has 196 valence electrons. The van der Waals surface area contributed by atoms with Crippen LogP contribution in [0.4, 0.5) is 25.5 Å². The Labute approximate surface area is 212 Å². The van der Waals surface area contributed by atoms with Crippen LogP contribution in [0.5, 0.6) is 0 Å². The average molecular weight is 514 g/mol. The molecule has 3 aromatic rings. The van der Waals surface area contributed by atoms with Gasteiger partial charge in [0.05, 0.1) is 30.8 Å². The van der Waals surface area contributed by atoms with Gasteiger partial charge in [-0.15, -0.1) is 0 Å². The van der Waals surface area contributed by atoms with E-state index in [1.165, 1.54) is 4.90 Å². The molecule has 0 atom stereocenters. The molecule has 4 heterocycles. The molecule has 0 aliphatic carbocycles. The molecule has 0 radical (unpaired) electrons. The van der Waals surface area contributed by atoms with E-state index in [9.17, 15) is 19.1 Å².